The highest BCUT2D eigenvalue weighted by molar-refractivity contribution is 6.43. The summed E-state index contributed by atoms with van der Waals surface area (Å²) in [6.07, 6.45) is 9.93. The molecule has 0 fully saturated rings. The highest BCUT2D eigenvalue weighted by atomic mass is 35.5. The molecule has 0 saturated carbocycles. The molecular formula is C19H27Cl2N3O2. The van der Waals surface area contributed by atoms with Crippen LogP contribution in [0.3, 0.4) is 0 Å². The Kier molecular flexibility index (Phi) is 11.7. The van der Waals surface area contributed by atoms with Gasteiger partial charge in [0.1, 0.15) is 0 Å². The van der Waals surface area contributed by atoms with E-state index in [1.807, 2.05) is 0 Å². The second-order valence-electron chi connectivity index (χ2n) is 6.08. The number of carbonyl (C=O) groups is 2. The van der Waals surface area contributed by atoms with Gasteiger partial charge >= 0.3 is 0 Å². The Morgan fingerprint density at radius 2 is 1.73 bits per heavy atom. The van der Waals surface area contributed by atoms with E-state index >= 15 is 0 Å². The molecule has 26 heavy (non-hydrogen) atoms. The summed E-state index contributed by atoms with van der Waals surface area (Å²) in [6, 6.07) is 5.13. The first-order valence-corrected chi connectivity index (χ1v) is 9.82. The van der Waals surface area contributed by atoms with Crippen molar-refractivity contribution in [2.24, 2.45) is 5.10 Å². The van der Waals surface area contributed by atoms with Crippen molar-refractivity contribution in [1.29, 1.82) is 0 Å². The van der Waals surface area contributed by atoms with E-state index < -0.39 is 5.91 Å². The van der Waals surface area contributed by atoms with E-state index in [2.05, 4.69) is 22.8 Å². The van der Waals surface area contributed by atoms with Gasteiger partial charge in [-0.15, -0.1) is 0 Å². The molecule has 0 radical (unpaired) electrons. The number of nitrogens with zero attached hydrogens (tertiary/aromatic N) is 1. The van der Waals surface area contributed by atoms with Crippen molar-refractivity contribution >= 4 is 41.2 Å². The van der Waals surface area contributed by atoms with Crippen LogP contribution in [0.4, 0.5) is 0 Å². The van der Waals surface area contributed by atoms with Crippen molar-refractivity contribution in [1.82, 2.24) is 10.7 Å². The fraction of sp³-hybridized carbons (Fsp3) is 0.526. The number of nitrogens with one attached hydrogen (secondary N) is 2. The Bertz CT molecular complexity index is 606. The highest BCUT2D eigenvalue weighted by Gasteiger charge is 2.05. The first kappa shape index (κ1) is 22.5. The molecule has 1 rings (SSSR count). The molecular weight excluding hydrogens is 373 g/mol. The highest BCUT2D eigenvalue weighted by Crippen LogP contribution is 2.24. The van der Waals surface area contributed by atoms with Crippen LogP contribution >= 0.6 is 23.2 Å². The molecule has 0 bridgehead atoms. The third-order valence-corrected chi connectivity index (χ3v) is 4.66. The van der Waals surface area contributed by atoms with Crippen molar-refractivity contribution in [3.8, 4) is 0 Å². The van der Waals surface area contributed by atoms with E-state index in [9.17, 15) is 9.59 Å². The molecule has 1 aromatic rings. The van der Waals surface area contributed by atoms with Crippen LogP contribution in [0.1, 0.15) is 63.9 Å². The monoisotopic (exact) mass is 399 g/mol. The van der Waals surface area contributed by atoms with Gasteiger partial charge in [-0.05, 0) is 12.5 Å². The minimum Gasteiger partial charge on any atom is -0.347 e. The molecule has 1 aromatic carbocycles. The first-order valence-electron chi connectivity index (χ1n) is 9.07. The van der Waals surface area contributed by atoms with E-state index in [1.165, 1.54) is 31.9 Å². The quantitative estimate of drug-likeness (QED) is 0.303. The standard InChI is InChI=1S/C19H27Cl2N3O2/c1-2-3-4-5-6-7-8-12-17(25)22-14-18(26)24-23-13-15-10-9-11-16(20)19(15)21/h9-11,13H,2-8,12,14H2,1H3,(H,22,25)(H,24,26)/b23-13-. The van der Waals surface area contributed by atoms with Crippen molar-refractivity contribution in [3.63, 3.8) is 0 Å². The van der Waals surface area contributed by atoms with Gasteiger partial charge in [0.25, 0.3) is 5.91 Å². The lowest BCUT2D eigenvalue weighted by Gasteiger charge is -2.05. The SMILES string of the molecule is CCCCCCCCCC(=O)NCC(=O)N/N=C\c1cccc(Cl)c1Cl. The minimum absolute atomic E-state index is 0.101. The summed E-state index contributed by atoms with van der Waals surface area (Å²) in [5, 5.41) is 7.19. The number of hydrogen-bond donors (Lipinski definition) is 2. The summed E-state index contributed by atoms with van der Waals surface area (Å²) in [6.45, 7) is 2.09. The average Bonchev–Trinajstić information content (AvgIpc) is 2.62. The van der Waals surface area contributed by atoms with Crippen LogP contribution in [0.25, 0.3) is 0 Å². The number of halogens is 2. The Hall–Kier alpha value is -1.59. The topological polar surface area (TPSA) is 70.6 Å². The van der Waals surface area contributed by atoms with Crippen molar-refractivity contribution < 1.29 is 9.59 Å². The Morgan fingerprint density at radius 3 is 2.46 bits per heavy atom. The molecule has 0 saturated heterocycles. The number of hydrogen-bond acceptors (Lipinski definition) is 3. The third-order valence-electron chi connectivity index (χ3n) is 3.83. The maximum absolute atomic E-state index is 11.7. The van der Waals surface area contributed by atoms with Crippen LogP contribution in [-0.2, 0) is 9.59 Å². The predicted molar refractivity (Wildman–Crippen MR) is 108 cm³/mol. The van der Waals surface area contributed by atoms with Gasteiger partial charge in [0.15, 0.2) is 0 Å². The molecule has 2 N–H and O–H groups in total. The lowest BCUT2D eigenvalue weighted by atomic mass is 10.1. The zero-order chi connectivity index (χ0) is 19.2. The van der Waals surface area contributed by atoms with Gasteiger partial charge in [0.2, 0.25) is 5.91 Å². The number of amides is 2. The Morgan fingerprint density at radius 1 is 1.04 bits per heavy atom. The summed E-state index contributed by atoms with van der Waals surface area (Å²) < 4.78 is 0. The fourth-order valence-corrected chi connectivity index (χ4v) is 2.70. The molecule has 0 atom stereocenters. The molecule has 5 nitrogen and oxygen atoms in total. The smallest absolute Gasteiger partial charge is 0.259 e. The number of unbranched alkanes of at least 4 members (excludes halogenated alkanes) is 6. The molecule has 0 aliphatic rings. The predicted octanol–water partition coefficient (Wildman–Crippen LogP) is 4.70. The lowest BCUT2D eigenvalue weighted by Crippen LogP contribution is -2.34. The van der Waals surface area contributed by atoms with Crippen molar-refractivity contribution in [3.05, 3.63) is 33.8 Å². The second kappa shape index (κ2) is 13.6. The van der Waals surface area contributed by atoms with E-state index in [-0.39, 0.29) is 12.5 Å². The summed E-state index contributed by atoms with van der Waals surface area (Å²) in [5.41, 5.74) is 2.94. The number of carbonyl (C=O) groups excluding carboxylic acids is 2. The maximum Gasteiger partial charge on any atom is 0.259 e. The number of hydrazone groups is 1. The normalized spacial score (nSPS) is 10.9. The van der Waals surface area contributed by atoms with Crippen molar-refractivity contribution in [2.45, 2.75) is 58.3 Å². The van der Waals surface area contributed by atoms with E-state index in [0.717, 1.165) is 19.3 Å². The minimum atomic E-state index is -0.396. The number of benzene rings is 1. The first-order chi connectivity index (χ1) is 12.5. The van der Waals surface area contributed by atoms with Gasteiger partial charge in [-0.25, -0.2) is 5.43 Å². The van der Waals surface area contributed by atoms with Crippen LogP contribution in [0.2, 0.25) is 10.0 Å². The Labute approximate surface area is 165 Å². The summed E-state index contributed by atoms with van der Waals surface area (Å²) >= 11 is 11.9. The fourth-order valence-electron chi connectivity index (χ4n) is 2.34. The molecule has 0 unspecified atom stereocenters. The summed E-state index contributed by atoms with van der Waals surface area (Å²) in [5.74, 6) is -0.511. The molecule has 0 heterocycles. The lowest BCUT2D eigenvalue weighted by molar-refractivity contribution is -0.126. The molecule has 7 heteroatoms. The largest absolute Gasteiger partial charge is 0.347 e. The van der Waals surface area contributed by atoms with Crippen LogP contribution in [0.5, 0.6) is 0 Å². The van der Waals surface area contributed by atoms with Gasteiger partial charge in [-0.2, -0.15) is 5.10 Å². The molecule has 0 aromatic heterocycles. The van der Waals surface area contributed by atoms with Crippen molar-refractivity contribution in [2.75, 3.05) is 6.54 Å². The van der Waals surface area contributed by atoms with Gasteiger partial charge in [-0.1, -0.05) is 80.8 Å². The van der Waals surface area contributed by atoms with Crippen LogP contribution in [-0.4, -0.2) is 24.6 Å². The van der Waals surface area contributed by atoms with Gasteiger partial charge in [0, 0.05) is 12.0 Å². The zero-order valence-corrected chi connectivity index (χ0v) is 16.7. The third kappa shape index (κ3) is 9.78. The van der Waals surface area contributed by atoms with Gasteiger partial charge in [0.05, 0.1) is 22.8 Å². The zero-order valence-electron chi connectivity index (χ0n) is 15.2. The molecule has 0 spiro atoms. The molecule has 2 amide bonds. The van der Waals surface area contributed by atoms with E-state index in [0.29, 0.717) is 22.0 Å². The maximum atomic E-state index is 11.7. The van der Waals surface area contributed by atoms with Crippen LogP contribution in [0.15, 0.2) is 23.3 Å². The van der Waals surface area contributed by atoms with Crippen LogP contribution < -0.4 is 10.7 Å². The van der Waals surface area contributed by atoms with Gasteiger partial charge < -0.3 is 5.32 Å². The number of rotatable bonds is 12. The summed E-state index contributed by atoms with van der Waals surface area (Å²) in [4.78, 5) is 23.4. The average molecular weight is 400 g/mol. The molecule has 0 aliphatic carbocycles. The van der Waals surface area contributed by atoms with E-state index in [4.69, 9.17) is 23.2 Å². The van der Waals surface area contributed by atoms with E-state index in [1.54, 1.807) is 18.2 Å². The second-order valence-corrected chi connectivity index (χ2v) is 6.87. The molecule has 0 aliphatic heterocycles. The molecule has 144 valence electrons. The summed E-state index contributed by atoms with van der Waals surface area (Å²) in [7, 11) is 0. The van der Waals surface area contributed by atoms with Crippen LogP contribution in [0, 0.1) is 0 Å². The Balaban J connectivity index is 2.14. The van der Waals surface area contributed by atoms with Gasteiger partial charge in [-0.3, -0.25) is 9.59 Å².